The highest BCUT2D eigenvalue weighted by Gasteiger charge is 2.31. The zero-order valence-electron chi connectivity index (χ0n) is 21.6. The molecule has 0 unspecified atom stereocenters. The minimum atomic E-state index is -4.39. The zero-order valence-corrected chi connectivity index (χ0v) is 21.6. The number of benzene rings is 4. The summed E-state index contributed by atoms with van der Waals surface area (Å²) in [6.07, 6.45) is -8.15. The number of ether oxygens (including phenoxy) is 2. The molecule has 0 radical (unpaired) electrons. The molecule has 0 amide bonds. The predicted molar refractivity (Wildman–Crippen MR) is 142 cm³/mol. The Kier molecular flexibility index (Phi) is 6.71. The monoisotopic (exact) mass is 570 g/mol. The molecule has 212 valence electrons. The van der Waals surface area contributed by atoms with Gasteiger partial charge in [0.05, 0.1) is 11.1 Å². The standard InChI is InChI=1S/C31H24F6N2O2/c32-30(33,34)24-3-7-26(8-4-24)38-16-22-14-20(1-11-28(22)40-18-38)13-21-2-12-29-23(15-21)17-39(19-41-29)27-9-5-25(6-10-27)31(35,36)37/h1-12,14-15H,13,16-19H2. The largest absolute Gasteiger partial charge is 0.473 e. The molecule has 0 saturated carbocycles. The lowest BCUT2D eigenvalue weighted by Crippen LogP contribution is -2.32. The summed E-state index contributed by atoms with van der Waals surface area (Å²) in [5.74, 6) is 1.48. The summed E-state index contributed by atoms with van der Waals surface area (Å²) in [6, 6.07) is 21.9. The van der Waals surface area contributed by atoms with Gasteiger partial charge in [0.15, 0.2) is 13.5 Å². The molecule has 0 saturated heterocycles. The molecule has 0 bridgehead atoms. The van der Waals surface area contributed by atoms with Gasteiger partial charge in [-0.15, -0.1) is 0 Å². The Morgan fingerprint density at radius 2 is 0.927 bits per heavy atom. The van der Waals surface area contributed by atoms with Crippen molar-refractivity contribution in [1.29, 1.82) is 0 Å². The fourth-order valence-corrected chi connectivity index (χ4v) is 5.10. The Balaban J connectivity index is 1.15. The molecule has 4 aromatic carbocycles. The van der Waals surface area contributed by atoms with E-state index in [9.17, 15) is 26.3 Å². The van der Waals surface area contributed by atoms with Crippen molar-refractivity contribution in [2.24, 2.45) is 0 Å². The second-order valence-electron chi connectivity index (χ2n) is 10.1. The van der Waals surface area contributed by atoms with Gasteiger partial charge >= 0.3 is 12.4 Å². The van der Waals surface area contributed by atoms with Crippen molar-refractivity contribution < 1.29 is 35.8 Å². The number of rotatable bonds is 4. The molecule has 6 rings (SSSR count). The van der Waals surface area contributed by atoms with Crippen LogP contribution in [0.4, 0.5) is 37.7 Å². The third-order valence-electron chi connectivity index (χ3n) is 7.25. The molecular weight excluding hydrogens is 546 g/mol. The third-order valence-corrected chi connectivity index (χ3v) is 7.25. The first kappa shape index (κ1) is 26.9. The predicted octanol–water partition coefficient (Wildman–Crippen LogP) is 8.03. The van der Waals surface area contributed by atoms with Crippen LogP contribution in [0, 0.1) is 0 Å². The van der Waals surface area contributed by atoms with E-state index in [1.165, 1.54) is 24.3 Å². The van der Waals surface area contributed by atoms with E-state index in [-0.39, 0.29) is 13.5 Å². The van der Waals surface area contributed by atoms with Gasteiger partial charge in [-0.3, -0.25) is 0 Å². The van der Waals surface area contributed by atoms with Crippen LogP contribution in [0.2, 0.25) is 0 Å². The molecule has 0 spiro atoms. The van der Waals surface area contributed by atoms with Crippen LogP contribution >= 0.6 is 0 Å². The highest BCUT2D eigenvalue weighted by Crippen LogP contribution is 2.35. The van der Waals surface area contributed by atoms with Crippen LogP contribution in [0.5, 0.6) is 11.5 Å². The molecule has 2 aliphatic rings. The summed E-state index contributed by atoms with van der Waals surface area (Å²) >= 11 is 0. The summed E-state index contributed by atoms with van der Waals surface area (Å²) < 4.78 is 89.4. The average molecular weight is 571 g/mol. The number of anilines is 2. The van der Waals surface area contributed by atoms with Crippen LogP contribution in [-0.4, -0.2) is 13.5 Å². The number of nitrogens with zero attached hydrogens (tertiary/aromatic N) is 2. The molecule has 4 nitrogen and oxygen atoms in total. The Morgan fingerprint density at radius 1 is 0.537 bits per heavy atom. The van der Waals surface area contributed by atoms with Gasteiger partial charge in [-0.25, -0.2) is 0 Å². The first-order chi connectivity index (χ1) is 19.5. The highest BCUT2D eigenvalue weighted by molar-refractivity contribution is 5.53. The fourth-order valence-electron chi connectivity index (χ4n) is 5.10. The van der Waals surface area contributed by atoms with Crippen molar-refractivity contribution in [2.45, 2.75) is 31.9 Å². The van der Waals surface area contributed by atoms with Gasteiger partial charge in [0.2, 0.25) is 0 Å². The van der Waals surface area contributed by atoms with Gasteiger partial charge in [-0.2, -0.15) is 26.3 Å². The van der Waals surface area contributed by atoms with Crippen LogP contribution in [0.15, 0.2) is 84.9 Å². The van der Waals surface area contributed by atoms with Gasteiger partial charge in [-0.05, 0) is 90.3 Å². The van der Waals surface area contributed by atoms with Crippen LogP contribution in [-0.2, 0) is 31.9 Å². The molecule has 0 aromatic heterocycles. The van der Waals surface area contributed by atoms with Gasteiger partial charge in [-0.1, -0.05) is 12.1 Å². The van der Waals surface area contributed by atoms with Crippen molar-refractivity contribution in [2.75, 3.05) is 23.3 Å². The van der Waals surface area contributed by atoms with Crippen LogP contribution < -0.4 is 19.3 Å². The highest BCUT2D eigenvalue weighted by atomic mass is 19.4. The molecule has 4 aromatic rings. The Bertz CT molecular complexity index is 1430. The van der Waals surface area contributed by atoms with E-state index in [1.54, 1.807) is 0 Å². The Morgan fingerprint density at radius 3 is 1.29 bits per heavy atom. The van der Waals surface area contributed by atoms with E-state index < -0.39 is 23.5 Å². The SMILES string of the molecule is FC(F)(F)c1ccc(N2COc3ccc(Cc4ccc5c(c4)CN(c4ccc(C(F)(F)F)cc4)CO5)cc3C2)cc1. The number of hydrogen-bond acceptors (Lipinski definition) is 4. The Labute approximate surface area is 232 Å². The Hall–Kier alpha value is -4.34. The van der Waals surface area contributed by atoms with Crippen molar-refractivity contribution in [3.8, 4) is 11.5 Å². The topological polar surface area (TPSA) is 24.9 Å². The molecular formula is C31H24F6N2O2. The van der Waals surface area contributed by atoms with Gasteiger partial charge in [0.1, 0.15) is 11.5 Å². The lowest BCUT2D eigenvalue weighted by atomic mass is 9.99. The van der Waals surface area contributed by atoms with Crippen molar-refractivity contribution in [3.05, 3.63) is 118 Å². The van der Waals surface area contributed by atoms with Crippen LogP contribution in [0.1, 0.15) is 33.4 Å². The molecule has 0 fully saturated rings. The summed E-state index contributed by atoms with van der Waals surface area (Å²) in [7, 11) is 0. The lowest BCUT2D eigenvalue weighted by molar-refractivity contribution is -0.138. The smallest absolute Gasteiger partial charge is 0.416 e. The average Bonchev–Trinajstić information content (AvgIpc) is 2.96. The molecule has 0 aliphatic carbocycles. The summed E-state index contributed by atoms with van der Waals surface area (Å²) in [6.45, 7) is 1.46. The van der Waals surface area contributed by atoms with Gasteiger partial charge < -0.3 is 19.3 Å². The van der Waals surface area contributed by atoms with Crippen molar-refractivity contribution >= 4 is 11.4 Å². The van der Waals surface area contributed by atoms with Gasteiger partial charge in [0, 0.05) is 35.6 Å². The minimum absolute atomic E-state index is 0.234. The summed E-state index contributed by atoms with van der Waals surface area (Å²) in [4.78, 5) is 3.75. The molecule has 2 aliphatic heterocycles. The third kappa shape index (κ3) is 5.77. The first-order valence-corrected chi connectivity index (χ1v) is 12.9. The second-order valence-corrected chi connectivity index (χ2v) is 10.1. The molecule has 0 N–H and O–H groups in total. The number of fused-ring (bicyclic) bond motifs is 2. The number of hydrogen-bond donors (Lipinski definition) is 0. The van der Waals surface area contributed by atoms with E-state index in [0.717, 1.165) is 58.0 Å². The number of halogens is 6. The van der Waals surface area contributed by atoms with E-state index in [2.05, 4.69) is 0 Å². The van der Waals surface area contributed by atoms with Crippen molar-refractivity contribution in [3.63, 3.8) is 0 Å². The molecule has 2 heterocycles. The normalized spacial score (nSPS) is 15.1. The fraction of sp³-hybridized carbons (Fsp3) is 0.226. The first-order valence-electron chi connectivity index (χ1n) is 12.9. The second kappa shape index (κ2) is 10.2. The molecule has 10 heteroatoms. The summed E-state index contributed by atoms with van der Waals surface area (Å²) in [5, 5.41) is 0. The van der Waals surface area contributed by atoms with E-state index in [1.807, 2.05) is 46.2 Å². The maximum atomic E-state index is 12.9. The summed E-state index contributed by atoms with van der Waals surface area (Å²) in [5.41, 5.74) is 3.84. The molecule has 0 atom stereocenters. The van der Waals surface area contributed by atoms with Crippen molar-refractivity contribution in [1.82, 2.24) is 0 Å². The minimum Gasteiger partial charge on any atom is -0.473 e. The van der Waals surface area contributed by atoms with Crippen LogP contribution in [0.25, 0.3) is 0 Å². The maximum absolute atomic E-state index is 12.9. The number of alkyl halides is 6. The van der Waals surface area contributed by atoms with E-state index in [0.29, 0.717) is 30.9 Å². The quantitative estimate of drug-likeness (QED) is 0.232. The van der Waals surface area contributed by atoms with E-state index in [4.69, 9.17) is 9.47 Å². The van der Waals surface area contributed by atoms with Gasteiger partial charge in [0.25, 0.3) is 0 Å². The maximum Gasteiger partial charge on any atom is 0.416 e. The molecule has 41 heavy (non-hydrogen) atoms. The van der Waals surface area contributed by atoms with Crippen LogP contribution in [0.3, 0.4) is 0 Å². The lowest BCUT2D eigenvalue weighted by Gasteiger charge is -2.31. The van der Waals surface area contributed by atoms with E-state index >= 15 is 0 Å². The zero-order chi connectivity index (χ0) is 28.8.